The standard InChI is InChI=1S/C21H16ClN3O3S2/c1-13-24-16(11-29-13)12-30-19-5-3-2-4-17(19)21(27)28-10-20(26)25-15-7-6-14(9-23)18(22)8-15/h2-8,11H,10,12H2,1H3,(H,25,26). The molecular weight excluding hydrogens is 442 g/mol. The van der Waals surface area contributed by atoms with Gasteiger partial charge in [0.1, 0.15) is 6.07 Å². The summed E-state index contributed by atoms with van der Waals surface area (Å²) in [4.78, 5) is 29.8. The first-order valence-corrected chi connectivity index (χ1v) is 11.0. The van der Waals surface area contributed by atoms with Crippen LogP contribution in [-0.2, 0) is 15.3 Å². The summed E-state index contributed by atoms with van der Waals surface area (Å²) in [6.45, 7) is 1.50. The minimum Gasteiger partial charge on any atom is -0.452 e. The van der Waals surface area contributed by atoms with Gasteiger partial charge in [-0.15, -0.1) is 23.1 Å². The van der Waals surface area contributed by atoms with Crippen molar-refractivity contribution < 1.29 is 14.3 Å². The molecular formula is C21H16ClN3O3S2. The average molecular weight is 458 g/mol. The number of anilines is 1. The summed E-state index contributed by atoms with van der Waals surface area (Å²) in [6, 6.07) is 13.5. The predicted octanol–water partition coefficient (Wildman–Crippen LogP) is 5.06. The van der Waals surface area contributed by atoms with E-state index >= 15 is 0 Å². The number of nitrogens with one attached hydrogen (secondary N) is 1. The Labute approximate surface area is 186 Å². The van der Waals surface area contributed by atoms with E-state index in [-0.39, 0.29) is 5.02 Å². The Morgan fingerprint density at radius 2 is 2.10 bits per heavy atom. The molecule has 3 aromatic rings. The lowest BCUT2D eigenvalue weighted by Gasteiger charge is -2.10. The molecule has 3 rings (SSSR count). The molecule has 0 aliphatic rings. The molecule has 0 bridgehead atoms. The summed E-state index contributed by atoms with van der Waals surface area (Å²) in [5, 5.41) is 14.7. The van der Waals surface area contributed by atoms with Crippen molar-refractivity contribution in [2.24, 2.45) is 0 Å². The van der Waals surface area contributed by atoms with E-state index in [1.165, 1.54) is 23.9 Å². The number of nitriles is 1. The quantitative estimate of drug-likeness (QED) is 0.393. The van der Waals surface area contributed by atoms with Gasteiger partial charge in [-0.1, -0.05) is 23.7 Å². The van der Waals surface area contributed by atoms with Gasteiger partial charge in [0.15, 0.2) is 6.61 Å². The maximum atomic E-state index is 12.5. The van der Waals surface area contributed by atoms with Crippen molar-refractivity contribution in [3.63, 3.8) is 0 Å². The first kappa shape index (κ1) is 21.8. The van der Waals surface area contributed by atoms with Gasteiger partial charge in [0.05, 0.1) is 26.9 Å². The van der Waals surface area contributed by atoms with Crippen LogP contribution >= 0.6 is 34.7 Å². The lowest BCUT2D eigenvalue weighted by atomic mass is 10.2. The van der Waals surface area contributed by atoms with Crippen molar-refractivity contribution >= 4 is 52.3 Å². The molecule has 0 aliphatic carbocycles. The van der Waals surface area contributed by atoms with Crippen LogP contribution in [0.4, 0.5) is 5.69 Å². The molecule has 30 heavy (non-hydrogen) atoms. The summed E-state index contributed by atoms with van der Waals surface area (Å²) >= 11 is 9.01. The van der Waals surface area contributed by atoms with Crippen molar-refractivity contribution in [3.8, 4) is 6.07 Å². The lowest BCUT2D eigenvalue weighted by molar-refractivity contribution is -0.119. The molecule has 0 radical (unpaired) electrons. The van der Waals surface area contributed by atoms with Crippen LogP contribution in [0.1, 0.15) is 26.6 Å². The lowest BCUT2D eigenvalue weighted by Crippen LogP contribution is -2.21. The third kappa shape index (κ3) is 5.83. The fraction of sp³-hybridized carbons (Fsp3) is 0.143. The van der Waals surface area contributed by atoms with Crippen LogP contribution in [0.25, 0.3) is 0 Å². The zero-order valence-electron chi connectivity index (χ0n) is 15.8. The van der Waals surface area contributed by atoms with Crippen LogP contribution in [0.5, 0.6) is 0 Å². The van der Waals surface area contributed by atoms with Gasteiger partial charge >= 0.3 is 5.97 Å². The van der Waals surface area contributed by atoms with Gasteiger partial charge in [-0.25, -0.2) is 9.78 Å². The van der Waals surface area contributed by atoms with Gasteiger partial charge in [0.25, 0.3) is 5.91 Å². The Bertz CT molecular complexity index is 1120. The Morgan fingerprint density at radius 3 is 2.80 bits per heavy atom. The zero-order valence-corrected chi connectivity index (χ0v) is 18.2. The number of thiazole rings is 1. The minimum atomic E-state index is -0.583. The van der Waals surface area contributed by atoms with Gasteiger partial charge in [-0.2, -0.15) is 5.26 Å². The van der Waals surface area contributed by atoms with Crippen LogP contribution in [-0.4, -0.2) is 23.5 Å². The molecule has 6 nitrogen and oxygen atoms in total. The van der Waals surface area contributed by atoms with Gasteiger partial charge < -0.3 is 10.1 Å². The number of benzene rings is 2. The average Bonchev–Trinajstić information content (AvgIpc) is 3.16. The second kappa shape index (κ2) is 10.3. The number of aryl methyl sites for hydroxylation is 1. The van der Waals surface area contributed by atoms with E-state index in [1.807, 2.05) is 30.5 Å². The number of rotatable bonds is 7. The number of halogens is 1. The monoisotopic (exact) mass is 457 g/mol. The van der Waals surface area contributed by atoms with Crippen LogP contribution in [0.15, 0.2) is 52.7 Å². The van der Waals surface area contributed by atoms with E-state index in [0.29, 0.717) is 22.6 Å². The number of hydrogen-bond donors (Lipinski definition) is 1. The number of nitrogens with zero attached hydrogens (tertiary/aromatic N) is 2. The highest BCUT2D eigenvalue weighted by molar-refractivity contribution is 7.98. The highest BCUT2D eigenvalue weighted by Crippen LogP contribution is 2.27. The van der Waals surface area contributed by atoms with E-state index in [2.05, 4.69) is 10.3 Å². The number of carbonyl (C=O) groups is 2. The maximum absolute atomic E-state index is 12.5. The maximum Gasteiger partial charge on any atom is 0.339 e. The summed E-state index contributed by atoms with van der Waals surface area (Å²) in [5.41, 5.74) is 2.06. The molecule has 1 heterocycles. The SMILES string of the molecule is Cc1nc(CSc2ccccc2C(=O)OCC(=O)Nc2ccc(C#N)c(Cl)c2)cs1. The fourth-order valence-corrected chi connectivity index (χ4v) is 4.35. The van der Waals surface area contributed by atoms with Gasteiger partial charge in [-0.05, 0) is 37.3 Å². The number of hydrogen-bond acceptors (Lipinski definition) is 7. The molecule has 1 aromatic heterocycles. The summed E-state index contributed by atoms with van der Waals surface area (Å²) in [7, 11) is 0. The van der Waals surface area contributed by atoms with Crippen molar-refractivity contribution in [2.45, 2.75) is 17.6 Å². The molecule has 0 spiro atoms. The van der Waals surface area contributed by atoms with Crippen molar-refractivity contribution in [2.75, 3.05) is 11.9 Å². The summed E-state index contributed by atoms with van der Waals surface area (Å²) in [5.74, 6) is -0.457. The second-order valence-electron chi connectivity index (χ2n) is 6.07. The van der Waals surface area contributed by atoms with Gasteiger partial charge in [0, 0.05) is 21.7 Å². The third-order valence-electron chi connectivity index (χ3n) is 3.86. The predicted molar refractivity (Wildman–Crippen MR) is 118 cm³/mol. The summed E-state index contributed by atoms with van der Waals surface area (Å²) in [6.07, 6.45) is 0. The molecule has 152 valence electrons. The molecule has 0 fully saturated rings. The number of ether oxygens (including phenoxy) is 1. The highest BCUT2D eigenvalue weighted by atomic mass is 35.5. The number of thioether (sulfide) groups is 1. The molecule has 9 heteroatoms. The topological polar surface area (TPSA) is 92.1 Å². The van der Waals surface area contributed by atoms with E-state index < -0.39 is 18.5 Å². The molecule has 0 atom stereocenters. The number of esters is 1. The minimum absolute atomic E-state index is 0.230. The first-order chi connectivity index (χ1) is 14.5. The van der Waals surface area contributed by atoms with Gasteiger partial charge in [-0.3, -0.25) is 4.79 Å². The highest BCUT2D eigenvalue weighted by Gasteiger charge is 2.15. The normalized spacial score (nSPS) is 10.3. The van der Waals surface area contributed by atoms with Crippen LogP contribution in [0.3, 0.4) is 0 Å². The molecule has 1 amide bonds. The van der Waals surface area contributed by atoms with Gasteiger partial charge in [0.2, 0.25) is 0 Å². The molecule has 0 saturated heterocycles. The molecule has 0 aliphatic heterocycles. The van der Waals surface area contributed by atoms with Crippen LogP contribution in [0, 0.1) is 18.3 Å². The van der Waals surface area contributed by atoms with Crippen LogP contribution in [0.2, 0.25) is 5.02 Å². The van der Waals surface area contributed by atoms with Crippen LogP contribution < -0.4 is 5.32 Å². The smallest absolute Gasteiger partial charge is 0.339 e. The molecule has 2 aromatic carbocycles. The Morgan fingerprint density at radius 1 is 1.30 bits per heavy atom. The Hall–Kier alpha value is -2.86. The zero-order chi connectivity index (χ0) is 21.5. The largest absolute Gasteiger partial charge is 0.452 e. The Kier molecular flexibility index (Phi) is 7.46. The fourth-order valence-electron chi connectivity index (χ4n) is 2.48. The summed E-state index contributed by atoms with van der Waals surface area (Å²) < 4.78 is 5.17. The van der Waals surface area contributed by atoms with E-state index in [0.717, 1.165) is 15.6 Å². The van der Waals surface area contributed by atoms with E-state index in [4.69, 9.17) is 21.6 Å². The number of carbonyl (C=O) groups excluding carboxylic acids is 2. The second-order valence-corrected chi connectivity index (χ2v) is 8.56. The Balaban J connectivity index is 1.57. The van der Waals surface area contributed by atoms with Crippen molar-refractivity contribution in [1.82, 2.24) is 4.98 Å². The first-order valence-electron chi connectivity index (χ1n) is 8.75. The van der Waals surface area contributed by atoms with E-state index in [9.17, 15) is 9.59 Å². The number of aromatic nitrogens is 1. The molecule has 1 N–H and O–H groups in total. The van der Waals surface area contributed by atoms with Crippen molar-refractivity contribution in [3.05, 3.63) is 74.7 Å². The third-order valence-corrected chi connectivity index (χ3v) is 6.10. The van der Waals surface area contributed by atoms with E-state index in [1.54, 1.807) is 29.5 Å². The van der Waals surface area contributed by atoms with Crippen molar-refractivity contribution in [1.29, 1.82) is 5.26 Å². The number of amides is 1. The molecule has 0 unspecified atom stereocenters. The molecule has 0 saturated carbocycles.